The van der Waals surface area contributed by atoms with Crippen molar-refractivity contribution >= 4 is 17.7 Å². The maximum atomic E-state index is 10.7. The number of nitro groups is 1. The SMILES string of the molecule is CC1=CC(/C=N/Nc2ccc([N+](=O)[O-])cn2)=C(C)[C@@H]1c1ccc(OCc2ccccc2)cc1. The molecule has 0 radical (unpaired) electrons. The monoisotopic (exact) mass is 440 g/mol. The Bertz CT molecular complexity index is 1210. The molecule has 0 amide bonds. The fourth-order valence-corrected chi connectivity index (χ4v) is 3.83. The number of hydrogen-bond donors (Lipinski definition) is 1. The van der Waals surface area contributed by atoms with Gasteiger partial charge in [0.15, 0.2) is 0 Å². The molecule has 7 heteroatoms. The highest BCUT2D eigenvalue weighted by Gasteiger charge is 2.23. The molecule has 166 valence electrons. The molecule has 2 aromatic carbocycles. The minimum Gasteiger partial charge on any atom is -0.489 e. The summed E-state index contributed by atoms with van der Waals surface area (Å²) in [5, 5.41) is 15.0. The van der Waals surface area contributed by atoms with E-state index in [-0.39, 0.29) is 11.6 Å². The van der Waals surface area contributed by atoms with Crippen molar-refractivity contribution in [1.82, 2.24) is 4.98 Å². The predicted molar refractivity (Wildman–Crippen MR) is 129 cm³/mol. The van der Waals surface area contributed by atoms with Crippen molar-refractivity contribution in [3.05, 3.63) is 117 Å². The first-order valence-electron chi connectivity index (χ1n) is 10.6. The van der Waals surface area contributed by atoms with E-state index in [0.717, 1.165) is 16.9 Å². The molecular formula is C26H24N4O3. The largest absolute Gasteiger partial charge is 0.489 e. The van der Waals surface area contributed by atoms with Gasteiger partial charge in [-0.1, -0.05) is 59.7 Å². The molecule has 7 nitrogen and oxygen atoms in total. The molecule has 0 aliphatic heterocycles. The van der Waals surface area contributed by atoms with E-state index in [4.69, 9.17) is 4.74 Å². The van der Waals surface area contributed by atoms with Crippen LogP contribution in [0.1, 0.15) is 30.9 Å². The van der Waals surface area contributed by atoms with Crippen molar-refractivity contribution in [3.63, 3.8) is 0 Å². The van der Waals surface area contributed by atoms with Gasteiger partial charge in [0.05, 0.1) is 11.1 Å². The highest BCUT2D eigenvalue weighted by atomic mass is 16.6. The molecular weight excluding hydrogens is 416 g/mol. The lowest BCUT2D eigenvalue weighted by Gasteiger charge is -2.16. The van der Waals surface area contributed by atoms with Crippen LogP contribution in [-0.4, -0.2) is 16.1 Å². The predicted octanol–water partition coefficient (Wildman–Crippen LogP) is 6.03. The minimum absolute atomic E-state index is 0.0586. The van der Waals surface area contributed by atoms with Gasteiger partial charge in [-0.3, -0.25) is 15.5 Å². The molecule has 33 heavy (non-hydrogen) atoms. The summed E-state index contributed by atoms with van der Waals surface area (Å²) >= 11 is 0. The van der Waals surface area contributed by atoms with Gasteiger partial charge >= 0.3 is 0 Å². The van der Waals surface area contributed by atoms with Gasteiger partial charge in [0, 0.05) is 12.0 Å². The molecule has 4 rings (SSSR count). The Morgan fingerprint density at radius 2 is 1.85 bits per heavy atom. The summed E-state index contributed by atoms with van der Waals surface area (Å²) in [6.07, 6.45) is 5.07. The van der Waals surface area contributed by atoms with Crippen LogP contribution in [0.2, 0.25) is 0 Å². The molecule has 0 unspecified atom stereocenters. The van der Waals surface area contributed by atoms with Crippen molar-refractivity contribution in [2.75, 3.05) is 5.43 Å². The summed E-state index contributed by atoms with van der Waals surface area (Å²) < 4.78 is 5.90. The number of nitrogens with one attached hydrogen (secondary N) is 1. The molecule has 1 aromatic heterocycles. The quantitative estimate of drug-likeness (QED) is 0.262. The number of aromatic nitrogens is 1. The summed E-state index contributed by atoms with van der Waals surface area (Å²) in [4.78, 5) is 14.2. The number of pyridine rings is 1. The van der Waals surface area contributed by atoms with Crippen LogP contribution in [-0.2, 0) is 6.61 Å². The van der Waals surface area contributed by atoms with Crippen molar-refractivity contribution in [1.29, 1.82) is 0 Å². The number of anilines is 1. The first-order chi connectivity index (χ1) is 16.0. The Balaban J connectivity index is 1.40. The summed E-state index contributed by atoms with van der Waals surface area (Å²) in [6.45, 7) is 4.75. The maximum absolute atomic E-state index is 10.7. The van der Waals surface area contributed by atoms with Gasteiger partial charge in [-0.15, -0.1) is 0 Å². The maximum Gasteiger partial charge on any atom is 0.287 e. The number of hydrazone groups is 1. The van der Waals surface area contributed by atoms with Crippen LogP contribution in [0.4, 0.5) is 11.5 Å². The van der Waals surface area contributed by atoms with Gasteiger partial charge in [-0.25, -0.2) is 4.98 Å². The average molecular weight is 441 g/mol. The van der Waals surface area contributed by atoms with Crippen LogP contribution in [0.25, 0.3) is 0 Å². The van der Waals surface area contributed by atoms with E-state index < -0.39 is 4.92 Å². The molecule has 0 spiro atoms. The standard InChI is InChI=1S/C26H24N4O3/c1-18-14-22(15-28-29-25-13-10-23(16-27-25)30(31)32)19(2)26(18)21-8-11-24(12-9-21)33-17-20-6-4-3-5-7-20/h3-16,26H,17H2,1-2H3,(H,27,29)/b28-15+/t26-/m1/s1. The third-order valence-corrected chi connectivity index (χ3v) is 5.53. The molecule has 0 bridgehead atoms. The van der Waals surface area contributed by atoms with Crippen LogP contribution in [0.15, 0.2) is 101 Å². The van der Waals surface area contributed by atoms with Crippen molar-refractivity contribution in [2.45, 2.75) is 26.4 Å². The van der Waals surface area contributed by atoms with Crippen molar-refractivity contribution < 1.29 is 9.66 Å². The highest BCUT2D eigenvalue weighted by Crippen LogP contribution is 2.39. The number of nitrogens with zero attached hydrogens (tertiary/aromatic N) is 3. The zero-order valence-corrected chi connectivity index (χ0v) is 18.4. The zero-order chi connectivity index (χ0) is 23.2. The highest BCUT2D eigenvalue weighted by molar-refractivity contribution is 5.86. The topological polar surface area (TPSA) is 89.7 Å². The normalized spacial score (nSPS) is 15.6. The summed E-state index contributed by atoms with van der Waals surface area (Å²) in [5.41, 5.74) is 8.55. The van der Waals surface area contributed by atoms with E-state index in [1.807, 2.05) is 42.5 Å². The summed E-state index contributed by atoms with van der Waals surface area (Å²) in [5.74, 6) is 1.47. The van der Waals surface area contributed by atoms with Gasteiger partial charge in [-0.2, -0.15) is 5.10 Å². The number of hydrogen-bond acceptors (Lipinski definition) is 6. The molecule has 1 aliphatic carbocycles. The third kappa shape index (κ3) is 5.33. The smallest absolute Gasteiger partial charge is 0.287 e. The van der Waals surface area contributed by atoms with E-state index in [1.54, 1.807) is 6.21 Å². The molecule has 1 atom stereocenters. The zero-order valence-electron chi connectivity index (χ0n) is 18.4. The number of rotatable bonds is 8. The van der Waals surface area contributed by atoms with Crippen LogP contribution in [0.5, 0.6) is 5.75 Å². The second-order valence-electron chi connectivity index (χ2n) is 7.83. The Labute approximate surface area is 192 Å². The fraction of sp³-hybridized carbons (Fsp3) is 0.154. The molecule has 0 fully saturated rings. The van der Waals surface area contributed by atoms with Gasteiger partial charge in [0.25, 0.3) is 5.69 Å². The molecule has 0 saturated heterocycles. The molecule has 0 saturated carbocycles. The molecule has 1 N–H and O–H groups in total. The second-order valence-corrected chi connectivity index (χ2v) is 7.83. The van der Waals surface area contributed by atoms with Crippen molar-refractivity contribution in [2.24, 2.45) is 5.10 Å². The number of ether oxygens (including phenoxy) is 1. The van der Waals surface area contributed by atoms with Gasteiger partial charge < -0.3 is 4.74 Å². The molecule has 3 aromatic rings. The van der Waals surface area contributed by atoms with E-state index in [2.05, 4.69) is 47.6 Å². The van der Waals surface area contributed by atoms with E-state index >= 15 is 0 Å². The Kier molecular flexibility index (Phi) is 6.59. The number of allylic oxidation sites excluding steroid dienone is 4. The van der Waals surface area contributed by atoms with E-state index in [0.29, 0.717) is 12.4 Å². The summed E-state index contributed by atoms with van der Waals surface area (Å²) in [6, 6.07) is 21.2. The Morgan fingerprint density at radius 1 is 1.09 bits per heavy atom. The van der Waals surface area contributed by atoms with E-state index in [9.17, 15) is 10.1 Å². The van der Waals surface area contributed by atoms with Gasteiger partial charge in [0.1, 0.15) is 24.4 Å². The van der Waals surface area contributed by atoms with Crippen molar-refractivity contribution in [3.8, 4) is 5.75 Å². The lowest BCUT2D eigenvalue weighted by molar-refractivity contribution is -0.385. The Hall–Kier alpha value is -4.26. The first-order valence-corrected chi connectivity index (χ1v) is 10.6. The van der Waals surface area contributed by atoms with Crippen LogP contribution < -0.4 is 10.2 Å². The lowest BCUT2D eigenvalue weighted by atomic mass is 9.89. The fourth-order valence-electron chi connectivity index (χ4n) is 3.83. The number of benzene rings is 2. The third-order valence-electron chi connectivity index (χ3n) is 5.53. The van der Waals surface area contributed by atoms with Gasteiger partial charge in [0.2, 0.25) is 0 Å². The molecule has 1 heterocycles. The lowest BCUT2D eigenvalue weighted by Crippen LogP contribution is -2.00. The Morgan fingerprint density at radius 3 is 2.52 bits per heavy atom. The molecule has 1 aliphatic rings. The van der Waals surface area contributed by atoms with Crippen LogP contribution >= 0.6 is 0 Å². The van der Waals surface area contributed by atoms with Crippen LogP contribution in [0, 0.1) is 10.1 Å². The van der Waals surface area contributed by atoms with Gasteiger partial charge in [-0.05, 0) is 48.7 Å². The minimum atomic E-state index is -0.484. The van der Waals surface area contributed by atoms with E-state index in [1.165, 1.54) is 35.0 Å². The first kappa shape index (κ1) is 22.0. The average Bonchev–Trinajstić information content (AvgIpc) is 3.12. The second kappa shape index (κ2) is 9.91. The van der Waals surface area contributed by atoms with Crippen LogP contribution in [0.3, 0.4) is 0 Å². The summed E-state index contributed by atoms with van der Waals surface area (Å²) in [7, 11) is 0.